The van der Waals surface area contributed by atoms with E-state index in [9.17, 15) is 14.7 Å². The Balaban J connectivity index is 1.67. The zero-order chi connectivity index (χ0) is 21.1. The SMILES string of the molecule is Cc1ccc(NC(=O)N2CCCC2)cc1-c1cc(C(=O)O)nc(N2CCOCC2)c1. The van der Waals surface area contributed by atoms with Crippen molar-refractivity contribution in [3.05, 3.63) is 41.6 Å². The average molecular weight is 410 g/mol. The fraction of sp³-hybridized carbons (Fsp3) is 0.409. The van der Waals surface area contributed by atoms with Crippen molar-refractivity contribution in [2.24, 2.45) is 0 Å². The summed E-state index contributed by atoms with van der Waals surface area (Å²) in [6, 6.07) is 9.09. The van der Waals surface area contributed by atoms with Gasteiger partial charge in [0.2, 0.25) is 0 Å². The van der Waals surface area contributed by atoms with Crippen LogP contribution >= 0.6 is 0 Å². The molecule has 2 N–H and O–H groups in total. The van der Waals surface area contributed by atoms with Gasteiger partial charge >= 0.3 is 12.0 Å². The lowest BCUT2D eigenvalue weighted by atomic mass is 9.99. The molecular formula is C22H26N4O4. The summed E-state index contributed by atoms with van der Waals surface area (Å²) in [5, 5.41) is 12.5. The van der Waals surface area contributed by atoms with Gasteiger partial charge < -0.3 is 25.0 Å². The van der Waals surface area contributed by atoms with E-state index in [0.717, 1.165) is 42.6 Å². The van der Waals surface area contributed by atoms with E-state index in [0.29, 0.717) is 37.8 Å². The number of hydrogen-bond acceptors (Lipinski definition) is 5. The molecule has 0 bridgehead atoms. The highest BCUT2D eigenvalue weighted by Gasteiger charge is 2.20. The third-order valence-corrected chi connectivity index (χ3v) is 5.56. The Morgan fingerprint density at radius 2 is 1.80 bits per heavy atom. The molecule has 4 rings (SSSR count). The summed E-state index contributed by atoms with van der Waals surface area (Å²) >= 11 is 0. The number of hydrogen-bond donors (Lipinski definition) is 2. The van der Waals surface area contributed by atoms with Crippen LogP contribution in [-0.2, 0) is 4.74 Å². The third-order valence-electron chi connectivity index (χ3n) is 5.56. The number of ether oxygens (including phenoxy) is 1. The maximum atomic E-state index is 12.5. The van der Waals surface area contributed by atoms with Crippen LogP contribution in [-0.4, -0.2) is 66.4 Å². The molecule has 8 nitrogen and oxygen atoms in total. The molecule has 0 aliphatic carbocycles. The van der Waals surface area contributed by atoms with E-state index < -0.39 is 5.97 Å². The minimum Gasteiger partial charge on any atom is -0.477 e. The summed E-state index contributed by atoms with van der Waals surface area (Å²) in [7, 11) is 0. The number of pyridine rings is 1. The molecule has 2 aliphatic rings. The number of nitrogens with zero attached hydrogens (tertiary/aromatic N) is 3. The van der Waals surface area contributed by atoms with Crippen LogP contribution in [0.25, 0.3) is 11.1 Å². The first-order chi connectivity index (χ1) is 14.5. The standard InChI is InChI=1S/C22H26N4O4/c1-15-4-5-17(23-22(29)26-6-2-3-7-26)14-18(15)16-12-19(21(27)28)24-20(13-16)25-8-10-30-11-9-25/h4-5,12-14H,2-3,6-11H2,1H3,(H,23,29)(H,27,28). The molecule has 3 heterocycles. The van der Waals surface area contributed by atoms with E-state index in [-0.39, 0.29) is 11.7 Å². The molecule has 0 atom stereocenters. The van der Waals surface area contributed by atoms with Crippen LogP contribution in [0.1, 0.15) is 28.9 Å². The number of carbonyl (C=O) groups is 2. The fourth-order valence-electron chi connectivity index (χ4n) is 3.87. The summed E-state index contributed by atoms with van der Waals surface area (Å²) in [6.07, 6.45) is 2.07. The van der Waals surface area contributed by atoms with Gasteiger partial charge in [-0.05, 0) is 60.7 Å². The Labute approximate surface area is 175 Å². The van der Waals surface area contributed by atoms with Crippen LogP contribution in [0.2, 0.25) is 0 Å². The van der Waals surface area contributed by atoms with Crippen molar-refractivity contribution >= 4 is 23.5 Å². The fourth-order valence-corrected chi connectivity index (χ4v) is 3.87. The summed E-state index contributed by atoms with van der Waals surface area (Å²) in [4.78, 5) is 32.3. The normalized spacial score (nSPS) is 16.6. The number of aryl methyl sites for hydroxylation is 1. The Kier molecular flexibility index (Phi) is 5.85. The van der Waals surface area contributed by atoms with E-state index in [4.69, 9.17) is 4.74 Å². The average Bonchev–Trinajstić information content (AvgIpc) is 3.30. The lowest BCUT2D eigenvalue weighted by Gasteiger charge is -2.28. The van der Waals surface area contributed by atoms with Crippen molar-refractivity contribution in [2.75, 3.05) is 49.6 Å². The number of carbonyl (C=O) groups excluding carboxylic acids is 1. The van der Waals surface area contributed by atoms with Crippen LogP contribution in [0.5, 0.6) is 0 Å². The maximum Gasteiger partial charge on any atom is 0.354 e. The van der Waals surface area contributed by atoms with Gasteiger partial charge in [0, 0.05) is 31.9 Å². The number of nitrogens with one attached hydrogen (secondary N) is 1. The Morgan fingerprint density at radius 1 is 1.07 bits per heavy atom. The van der Waals surface area contributed by atoms with E-state index in [1.54, 1.807) is 6.07 Å². The van der Waals surface area contributed by atoms with E-state index in [1.807, 2.05) is 41.0 Å². The number of aromatic nitrogens is 1. The molecule has 0 spiro atoms. The molecule has 2 amide bonds. The largest absolute Gasteiger partial charge is 0.477 e. The van der Waals surface area contributed by atoms with Crippen molar-refractivity contribution < 1.29 is 19.4 Å². The van der Waals surface area contributed by atoms with E-state index >= 15 is 0 Å². The van der Waals surface area contributed by atoms with Gasteiger partial charge in [-0.1, -0.05) is 6.07 Å². The number of anilines is 2. The first-order valence-corrected chi connectivity index (χ1v) is 10.3. The first kappa shape index (κ1) is 20.2. The second-order valence-electron chi connectivity index (χ2n) is 7.66. The predicted molar refractivity (Wildman–Crippen MR) is 114 cm³/mol. The molecule has 8 heteroatoms. The van der Waals surface area contributed by atoms with Gasteiger partial charge in [0.15, 0.2) is 5.69 Å². The molecule has 158 valence electrons. The molecule has 30 heavy (non-hydrogen) atoms. The molecule has 1 aromatic heterocycles. The number of likely N-dealkylation sites (tertiary alicyclic amines) is 1. The maximum absolute atomic E-state index is 12.5. The zero-order valence-corrected chi connectivity index (χ0v) is 17.1. The second-order valence-corrected chi connectivity index (χ2v) is 7.66. The Bertz CT molecular complexity index is 950. The number of amides is 2. The molecule has 2 aromatic rings. The number of rotatable bonds is 4. The summed E-state index contributed by atoms with van der Waals surface area (Å²) in [5.41, 5.74) is 3.31. The highest BCUT2D eigenvalue weighted by molar-refractivity contribution is 5.92. The number of benzene rings is 1. The lowest BCUT2D eigenvalue weighted by Crippen LogP contribution is -2.37. The van der Waals surface area contributed by atoms with E-state index in [1.165, 1.54) is 0 Å². The number of carboxylic acid groups (broad SMARTS) is 1. The molecule has 2 saturated heterocycles. The van der Waals surface area contributed by atoms with Crippen molar-refractivity contribution in [2.45, 2.75) is 19.8 Å². The highest BCUT2D eigenvalue weighted by atomic mass is 16.5. The van der Waals surface area contributed by atoms with E-state index in [2.05, 4.69) is 10.3 Å². The second kappa shape index (κ2) is 8.71. The predicted octanol–water partition coefficient (Wildman–Crippen LogP) is 3.22. The minimum absolute atomic E-state index is 0.0000952. The first-order valence-electron chi connectivity index (χ1n) is 10.3. The number of morpholine rings is 1. The third kappa shape index (κ3) is 4.38. The Morgan fingerprint density at radius 3 is 2.50 bits per heavy atom. The topological polar surface area (TPSA) is 95.0 Å². The monoisotopic (exact) mass is 410 g/mol. The van der Waals surface area contributed by atoms with Crippen molar-refractivity contribution in [1.29, 1.82) is 0 Å². The molecule has 0 saturated carbocycles. The van der Waals surface area contributed by atoms with Crippen LogP contribution in [0.3, 0.4) is 0 Å². The van der Waals surface area contributed by atoms with Crippen molar-refractivity contribution in [1.82, 2.24) is 9.88 Å². The highest BCUT2D eigenvalue weighted by Crippen LogP contribution is 2.30. The van der Waals surface area contributed by atoms with Crippen LogP contribution in [0.4, 0.5) is 16.3 Å². The lowest BCUT2D eigenvalue weighted by molar-refractivity contribution is 0.0690. The molecule has 2 aliphatic heterocycles. The molecular weight excluding hydrogens is 384 g/mol. The minimum atomic E-state index is -1.07. The zero-order valence-electron chi connectivity index (χ0n) is 17.1. The molecule has 0 radical (unpaired) electrons. The van der Waals surface area contributed by atoms with Gasteiger partial charge in [-0.25, -0.2) is 14.6 Å². The van der Waals surface area contributed by atoms with Crippen LogP contribution in [0.15, 0.2) is 30.3 Å². The molecule has 2 fully saturated rings. The van der Waals surface area contributed by atoms with Gasteiger partial charge in [0.1, 0.15) is 5.82 Å². The van der Waals surface area contributed by atoms with Gasteiger partial charge in [-0.3, -0.25) is 0 Å². The van der Waals surface area contributed by atoms with Crippen molar-refractivity contribution in [3.63, 3.8) is 0 Å². The number of urea groups is 1. The quantitative estimate of drug-likeness (QED) is 0.804. The smallest absolute Gasteiger partial charge is 0.354 e. The van der Waals surface area contributed by atoms with Gasteiger partial charge in [-0.2, -0.15) is 0 Å². The van der Waals surface area contributed by atoms with Crippen molar-refractivity contribution in [3.8, 4) is 11.1 Å². The molecule has 1 aromatic carbocycles. The summed E-state index contributed by atoms with van der Waals surface area (Å²) < 4.78 is 5.40. The molecule has 0 unspecified atom stereocenters. The number of aromatic carboxylic acids is 1. The van der Waals surface area contributed by atoms with Gasteiger partial charge in [0.25, 0.3) is 0 Å². The van der Waals surface area contributed by atoms with Gasteiger partial charge in [0.05, 0.1) is 13.2 Å². The Hall–Kier alpha value is -3.13. The summed E-state index contributed by atoms with van der Waals surface area (Å²) in [6.45, 7) is 6.04. The van der Waals surface area contributed by atoms with Crippen LogP contribution in [0, 0.1) is 6.92 Å². The number of carboxylic acids is 1. The summed E-state index contributed by atoms with van der Waals surface area (Å²) in [5.74, 6) is -0.443. The van der Waals surface area contributed by atoms with Gasteiger partial charge in [-0.15, -0.1) is 0 Å². The van der Waals surface area contributed by atoms with Crippen LogP contribution < -0.4 is 10.2 Å².